The molecule has 2 rings (SSSR count). The van der Waals surface area contributed by atoms with E-state index >= 15 is 0 Å². The van der Waals surface area contributed by atoms with Crippen molar-refractivity contribution in [2.24, 2.45) is 11.8 Å². The Morgan fingerprint density at radius 2 is 1.96 bits per heavy atom. The normalized spacial score (nSPS) is 20.4. The summed E-state index contributed by atoms with van der Waals surface area (Å²) in [4.78, 5) is 30.6. The van der Waals surface area contributed by atoms with Crippen molar-refractivity contribution in [1.29, 1.82) is 0 Å². The number of nitrogens with one attached hydrogen (secondary N) is 1. The molecule has 0 radical (unpaired) electrons. The Bertz CT molecular complexity index is 525. The number of unbranched alkanes of at least 4 members (excludes halogenated alkanes) is 1. The number of nitrogens with zero attached hydrogens (tertiary/aromatic N) is 2. The number of rotatable bonds is 7. The molecule has 0 unspecified atom stereocenters. The van der Waals surface area contributed by atoms with Crippen LogP contribution in [0.15, 0.2) is 24.5 Å². The molecule has 1 aliphatic rings. The van der Waals surface area contributed by atoms with Gasteiger partial charge in [0.05, 0.1) is 0 Å². The summed E-state index contributed by atoms with van der Waals surface area (Å²) in [6.07, 6.45) is 8.88. The second-order valence-electron chi connectivity index (χ2n) is 6.74. The monoisotopic (exact) mass is 331 g/mol. The largest absolute Gasteiger partial charge is 0.352 e. The summed E-state index contributed by atoms with van der Waals surface area (Å²) in [5.74, 6) is 0.475. The van der Waals surface area contributed by atoms with Crippen molar-refractivity contribution in [2.45, 2.75) is 52.0 Å². The molecular weight excluding hydrogens is 302 g/mol. The fraction of sp³-hybridized carbons (Fsp3) is 0.632. The molecule has 1 aromatic heterocycles. The minimum Gasteiger partial charge on any atom is -0.352 e. The van der Waals surface area contributed by atoms with E-state index in [4.69, 9.17) is 0 Å². The fourth-order valence-corrected chi connectivity index (χ4v) is 3.26. The lowest BCUT2D eigenvalue weighted by molar-refractivity contribution is -0.137. The second kappa shape index (κ2) is 9.40. The van der Waals surface area contributed by atoms with Crippen molar-refractivity contribution in [3.8, 4) is 0 Å². The van der Waals surface area contributed by atoms with E-state index < -0.39 is 0 Å². The lowest BCUT2D eigenvalue weighted by Crippen LogP contribution is -2.38. The van der Waals surface area contributed by atoms with E-state index in [1.54, 1.807) is 12.4 Å². The van der Waals surface area contributed by atoms with Gasteiger partial charge in [0.1, 0.15) is 0 Å². The highest BCUT2D eigenvalue weighted by Crippen LogP contribution is 2.30. The molecule has 2 amide bonds. The third kappa shape index (κ3) is 5.32. The van der Waals surface area contributed by atoms with Gasteiger partial charge in [-0.3, -0.25) is 14.6 Å². The van der Waals surface area contributed by atoms with Gasteiger partial charge in [0, 0.05) is 44.4 Å². The summed E-state index contributed by atoms with van der Waals surface area (Å²) in [7, 11) is 1.89. The molecule has 1 saturated carbocycles. The van der Waals surface area contributed by atoms with Gasteiger partial charge in [0.15, 0.2) is 0 Å². The van der Waals surface area contributed by atoms with Crippen molar-refractivity contribution in [2.75, 3.05) is 13.6 Å². The average Bonchev–Trinajstić information content (AvgIpc) is 2.64. The highest BCUT2D eigenvalue weighted by Gasteiger charge is 2.31. The fourth-order valence-electron chi connectivity index (χ4n) is 3.26. The highest BCUT2D eigenvalue weighted by molar-refractivity contribution is 5.81. The Kier molecular flexibility index (Phi) is 7.22. The summed E-state index contributed by atoms with van der Waals surface area (Å²) in [6.45, 7) is 3.49. The van der Waals surface area contributed by atoms with Crippen molar-refractivity contribution >= 4 is 11.8 Å². The number of hydrogen-bond donors (Lipinski definition) is 1. The summed E-state index contributed by atoms with van der Waals surface area (Å²) < 4.78 is 0. The van der Waals surface area contributed by atoms with E-state index in [-0.39, 0.29) is 23.7 Å². The number of carbonyl (C=O) groups excluding carboxylic acids is 2. The first kappa shape index (κ1) is 18.4. The minimum atomic E-state index is 0.0340. The highest BCUT2D eigenvalue weighted by atomic mass is 16.2. The van der Waals surface area contributed by atoms with Crippen molar-refractivity contribution in [1.82, 2.24) is 15.2 Å². The van der Waals surface area contributed by atoms with E-state index in [9.17, 15) is 9.59 Å². The van der Waals surface area contributed by atoms with E-state index in [0.29, 0.717) is 6.54 Å². The molecule has 5 nitrogen and oxygen atoms in total. The van der Waals surface area contributed by atoms with Gasteiger partial charge < -0.3 is 10.2 Å². The molecule has 1 N–H and O–H groups in total. The average molecular weight is 331 g/mol. The number of aromatic nitrogens is 1. The molecule has 1 aromatic rings. The Labute approximate surface area is 144 Å². The smallest absolute Gasteiger partial charge is 0.225 e. The Balaban J connectivity index is 1.73. The van der Waals surface area contributed by atoms with E-state index in [1.165, 1.54) is 0 Å². The maximum atomic E-state index is 12.4. The van der Waals surface area contributed by atoms with Gasteiger partial charge in [-0.05, 0) is 43.7 Å². The van der Waals surface area contributed by atoms with Crippen LogP contribution in [0.2, 0.25) is 0 Å². The van der Waals surface area contributed by atoms with Gasteiger partial charge in [-0.25, -0.2) is 0 Å². The molecule has 0 spiro atoms. The Hall–Kier alpha value is -1.91. The van der Waals surface area contributed by atoms with Gasteiger partial charge in [-0.15, -0.1) is 0 Å². The first-order chi connectivity index (χ1) is 11.6. The molecule has 1 aliphatic carbocycles. The van der Waals surface area contributed by atoms with E-state index in [1.807, 2.05) is 24.1 Å². The second-order valence-corrected chi connectivity index (χ2v) is 6.74. The lowest BCUT2D eigenvalue weighted by Gasteiger charge is -2.30. The molecule has 0 aromatic carbocycles. The van der Waals surface area contributed by atoms with Crippen LogP contribution in [0.5, 0.6) is 0 Å². The molecule has 0 bridgehead atoms. The standard InChI is InChI=1S/C19H29N3O2/c1-3-4-12-22(2)19(24)17-9-7-16(8-10-17)18(23)21-14-15-6-5-11-20-13-15/h5-6,11,13,16-17H,3-4,7-10,12,14H2,1-2H3,(H,21,23). The first-order valence-corrected chi connectivity index (χ1v) is 9.03. The van der Waals surface area contributed by atoms with Crippen LogP contribution in [0, 0.1) is 11.8 Å². The molecule has 1 fully saturated rings. The van der Waals surface area contributed by atoms with Crippen LogP contribution in [-0.2, 0) is 16.1 Å². The quantitative estimate of drug-likeness (QED) is 0.835. The molecule has 0 aliphatic heterocycles. The zero-order chi connectivity index (χ0) is 17.4. The van der Waals surface area contributed by atoms with Crippen molar-refractivity contribution in [3.63, 3.8) is 0 Å². The molecule has 5 heteroatoms. The number of carbonyl (C=O) groups is 2. The van der Waals surface area contributed by atoms with Gasteiger partial charge >= 0.3 is 0 Å². The molecule has 0 saturated heterocycles. The lowest BCUT2D eigenvalue weighted by atomic mass is 9.81. The van der Waals surface area contributed by atoms with Gasteiger partial charge in [-0.1, -0.05) is 19.4 Å². The molecule has 1 heterocycles. The van der Waals surface area contributed by atoms with Crippen LogP contribution in [0.4, 0.5) is 0 Å². The molecule has 132 valence electrons. The molecule has 0 atom stereocenters. The zero-order valence-electron chi connectivity index (χ0n) is 14.8. The van der Waals surface area contributed by atoms with E-state index in [0.717, 1.165) is 50.6 Å². The van der Waals surface area contributed by atoms with Crippen LogP contribution in [0.1, 0.15) is 51.0 Å². The number of hydrogen-bond acceptors (Lipinski definition) is 3. The minimum absolute atomic E-state index is 0.0340. The maximum Gasteiger partial charge on any atom is 0.225 e. The van der Waals surface area contributed by atoms with Gasteiger partial charge in [-0.2, -0.15) is 0 Å². The van der Waals surface area contributed by atoms with E-state index in [2.05, 4.69) is 17.2 Å². The predicted octanol–water partition coefficient (Wildman–Crippen LogP) is 2.76. The topological polar surface area (TPSA) is 62.3 Å². The SMILES string of the molecule is CCCCN(C)C(=O)C1CCC(C(=O)NCc2cccnc2)CC1. The third-order valence-corrected chi connectivity index (χ3v) is 4.86. The summed E-state index contributed by atoms with van der Waals surface area (Å²) in [6, 6.07) is 3.82. The third-order valence-electron chi connectivity index (χ3n) is 4.86. The molecular formula is C19H29N3O2. The first-order valence-electron chi connectivity index (χ1n) is 9.03. The number of amides is 2. The maximum absolute atomic E-state index is 12.4. The van der Waals surface area contributed by atoms with Crippen LogP contribution in [0.25, 0.3) is 0 Å². The summed E-state index contributed by atoms with van der Waals surface area (Å²) in [5.41, 5.74) is 1.01. The van der Waals surface area contributed by atoms with Crippen LogP contribution >= 0.6 is 0 Å². The number of pyridine rings is 1. The van der Waals surface area contributed by atoms with Gasteiger partial charge in [0.25, 0.3) is 0 Å². The predicted molar refractivity (Wildman–Crippen MR) is 94.1 cm³/mol. The molecule has 24 heavy (non-hydrogen) atoms. The van der Waals surface area contributed by atoms with Crippen LogP contribution < -0.4 is 5.32 Å². The Morgan fingerprint density at radius 1 is 1.25 bits per heavy atom. The van der Waals surface area contributed by atoms with Gasteiger partial charge in [0.2, 0.25) is 11.8 Å². The van der Waals surface area contributed by atoms with Crippen molar-refractivity contribution in [3.05, 3.63) is 30.1 Å². The zero-order valence-corrected chi connectivity index (χ0v) is 14.8. The Morgan fingerprint density at radius 3 is 2.58 bits per heavy atom. The summed E-state index contributed by atoms with van der Waals surface area (Å²) in [5, 5.41) is 2.99. The van der Waals surface area contributed by atoms with Crippen molar-refractivity contribution < 1.29 is 9.59 Å². The summed E-state index contributed by atoms with van der Waals surface area (Å²) >= 11 is 0. The van der Waals surface area contributed by atoms with Crippen LogP contribution in [0.3, 0.4) is 0 Å². The van der Waals surface area contributed by atoms with Crippen LogP contribution in [-0.4, -0.2) is 35.3 Å².